The monoisotopic (exact) mass is 327 g/mol. The maximum absolute atomic E-state index is 12.7. The van der Waals surface area contributed by atoms with Crippen molar-refractivity contribution in [2.75, 3.05) is 6.54 Å². The minimum Gasteiger partial charge on any atom is -0.444 e. The number of ether oxygens (including phenoxy) is 1. The van der Waals surface area contributed by atoms with Crippen LogP contribution in [0.2, 0.25) is 0 Å². The number of benzene rings is 1. The minimum absolute atomic E-state index is 0.264. The van der Waals surface area contributed by atoms with Crippen molar-refractivity contribution in [3.8, 4) is 11.8 Å². The topological polar surface area (TPSA) is 38.3 Å². The number of amides is 1. The van der Waals surface area contributed by atoms with E-state index < -0.39 is 23.4 Å². The van der Waals surface area contributed by atoms with Crippen molar-refractivity contribution in [1.29, 1.82) is 0 Å². The molecule has 23 heavy (non-hydrogen) atoms. The van der Waals surface area contributed by atoms with Gasteiger partial charge in [-0.2, -0.15) is 13.2 Å². The molecule has 3 nitrogen and oxygen atoms in total. The highest BCUT2D eigenvalue weighted by atomic mass is 19.4. The molecule has 0 aliphatic rings. The van der Waals surface area contributed by atoms with Crippen LogP contribution in [-0.2, 0) is 10.9 Å². The van der Waals surface area contributed by atoms with Crippen LogP contribution in [0.4, 0.5) is 18.0 Å². The summed E-state index contributed by atoms with van der Waals surface area (Å²) < 4.78 is 43.2. The zero-order valence-corrected chi connectivity index (χ0v) is 13.6. The van der Waals surface area contributed by atoms with Crippen LogP contribution in [0.1, 0.15) is 43.9 Å². The van der Waals surface area contributed by atoms with Gasteiger partial charge in [-0.25, -0.2) is 4.79 Å². The number of rotatable bonds is 2. The van der Waals surface area contributed by atoms with E-state index in [2.05, 4.69) is 17.2 Å². The van der Waals surface area contributed by atoms with Gasteiger partial charge in [0.1, 0.15) is 5.60 Å². The summed E-state index contributed by atoms with van der Waals surface area (Å²) in [5, 5.41) is 2.53. The number of carbonyl (C=O) groups is 1. The predicted octanol–water partition coefficient (Wildman–Crippen LogP) is 4.28. The lowest BCUT2D eigenvalue weighted by atomic mass is 10.1. The number of hydrogen-bond donors (Lipinski definition) is 1. The van der Waals surface area contributed by atoms with Gasteiger partial charge in [-0.05, 0) is 51.5 Å². The number of aryl methyl sites for hydroxylation is 1. The molecule has 0 bridgehead atoms. The summed E-state index contributed by atoms with van der Waals surface area (Å²) in [6, 6.07) is 3.68. The second kappa shape index (κ2) is 7.40. The molecule has 0 unspecified atom stereocenters. The van der Waals surface area contributed by atoms with Crippen molar-refractivity contribution in [2.24, 2.45) is 0 Å². The normalized spacial score (nSPS) is 11.4. The molecule has 0 aliphatic heterocycles. The third kappa shape index (κ3) is 7.59. The SMILES string of the molecule is Cc1cc(C#CCCNC(=O)OC(C)(C)C)cc(C(F)(F)F)c1. The lowest BCUT2D eigenvalue weighted by molar-refractivity contribution is -0.137. The highest BCUT2D eigenvalue weighted by Crippen LogP contribution is 2.30. The molecule has 0 saturated carbocycles. The van der Waals surface area contributed by atoms with E-state index in [4.69, 9.17) is 4.74 Å². The van der Waals surface area contributed by atoms with Crippen molar-refractivity contribution in [1.82, 2.24) is 5.32 Å². The van der Waals surface area contributed by atoms with Crippen LogP contribution in [0.25, 0.3) is 0 Å². The summed E-state index contributed by atoms with van der Waals surface area (Å²) in [6.07, 6.45) is -4.62. The van der Waals surface area contributed by atoms with E-state index in [1.165, 1.54) is 0 Å². The second-order valence-corrected chi connectivity index (χ2v) is 6.07. The average Bonchev–Trinajstić information content (AvgIpc) is 2.34. The fraction of sp³-hybridized carbons (Fsp3) is 0.471. The van der Waals surface area contributed by atoms with E-state index in [1.54, 1.807) is 33.8 Å². The van der Waals surface area contributed by atoms with Gasteiger partial charge >= 0.3 is 12.3 Å². The maximum Gasteiger partial charge on any atom is 0.416 e. The van der Waals surface area contributed by atoms with Crippen LogP contribution in [0.3, 0.4) is 0 Å². The summed E-state index contributed by atoms with van der Waals surface area (Å²) in [6.45, 7) is 7.11. The zero-order chi connectivity index (χ0) is 17.7. The van der Waals surface area contributed by atoms with Gasteiger partial charge in [-0.3, -0.25) is 0 Å². The number of alkyl halides is 3. The Morgan fingerprint density at radius 1 is 1.22 bits per heavy atom. The number of alkyl carbamates (subject to hydrolysis) is 1. The average molecular weight is 327 g/mol. The molecule has 0 spiro atoms. The van der Waals surface area contributed by atoms with Crippen LogP contribution in [0, 0.1) is 18.8 Å². The van der Waals surface area contributed by atoms with E-state index in [0.29, 0.717) is 17.5 Å². The standard InChI is InChI=1S/C17H20F3NO2/c1-12-9-13(11-14(10-12)17(18,19)20)7-5-6-8-21-15(22)23-16(2,3)4/h9-11H,6,8H2,1-4H3,(H,21,22). The van der Waals surface area contributed by atoms with Gasteiger partial charge in [0.05, 0.1) is 5.56 Å². The second-order valence-electron chi connectivity index (χ2n) is 6.07. The lowest BCUT2D eigenvalue weighted by Gasteiger charge is -2.19. The Morgan fingerprint density at radius 2 is 1.87 bits per heavy atom. The molecule has 126 valence electrons. The van der Waals surface area contributed by atoms with Crippen molar-refractivity contribution in [3.63, 3.8) is 0 Å². The molecule has 1 N–H and O–H groups in total. The summed E-state index contributed by atoms with van der Waals surface area (Å²) in [4.78, 5) is 11.4. The summed E-state index contributed by atoms with van der Waals surface area (Å²) >= 11 is 0. The predicted molar refractivity (Wildman–Crippen MR) is 81.9 cm³/mol. The van der Waals surface area contributed by atoms with Crippen molar-refractivity contribution < 1.29 is 22.7 Å². The van der Waals surface area contributed by atoms with Crippen LogP contribution >= 0.6 is 0 Å². The van der Waals surface area contributed by atoms with Gasteiger partial charge in [0, 0.05) is 18.5 Å². The van der Waals surface area contributed by atoms with Crippen LogP contribution in [-0.4, -0.2) is 18.2 Å². The molecule has 0 aromatic heterocycles. The molecule has 0 atom stereocenters. The first-order chi connectivity index (χ1) is 10.5. The Morgan fingerprint density at radius 3 is 2.43 bits per heavy atom. The van der Waals surface area contributed by atoms with Gasteiger partial charge < -0.3 is 10.1 Å². The van der Waals surface area contributed by atoms with Crippen LogP contribution in [0.5, 0.6) is 0 Å². The quantitative estimate of drug-likeness (QED) is 0.650. The molecule has 0 saturated heterocycles. The molecule has 1 amide bonds. The fourth-order valence-electron chi connectivity index (χ4n) is 1.72. The van der Waals surface area contributed by atoms with Crippen LogP contribution < -0.4 is 5.32 Å². The van der Waals surface area contributed by atoms with Crippen molar-refractivity contribution >= 4 is 6.09 Å². The Balaban J connectivity index is 2.58. The van der Waals surface area contributed by atoms with Gasteiger partial charge in [0.2, 0.25) is 0 Å². The molecular formula is C17H20F3NO2. The molecule has 6 heteroatoms. The molecule has 1 rings (SSSR count). The number of hydrogen-bond acceptors (Lipinski definition) is 2. The van der Waals surface area contributed by atoms with E-state index in [9.17, 15) is 18.0 Å². The van der Waals surface area contributed by atoms with Gasteiger partial charge in [-0.15, -0.1) is 0 Å². The Labute approximate surface area is 134 Å². The molecule has 1 aromatic rings. The molecule has 0 aliphatic carbocycles. The van der Waals surface area contributed by atoms with E-state index in [0.717, 1.165) is 12.1 Å². The number of halogens is 3. The Hall–Kier alpha value is -2.16. The van der Waals surface area contributed by atoms with Gasteiger partial charge in [0.15, 0.2) is 0 Å². The summed E-state index contributed by atoms with van der Waals surface area (Å²) in [5.41, 5.74) is -0.495. The summed E-state index contributed by atoms with van der Waals surface area (Å²) in [5.74, 6) is 5.42. The first kappa shape index (κ1) is 18.9. The fourth-order valence-corrected chi connectivity index (χ4v) is 1.72. The first-order valence-corrected chi connectivity index (χ1v) is 7.12. The number of nitrogens with one attached hydrogen (secondary N) is 1. The van der Waals surface area contributed by atoms with E-state index in [1.807, 2.05) is 0 Å². The van der Waals surface area contributed by atoms with Crippen molar-refractivity contribution in [2.45, 2.75) is 45.9 Å². The molecule has 0 heterocycles. The third-order valence-corrected chi connectivity index (χ3v) is 2.56. The molecular weight excluding hydrogens is 307 g/mol. The van der Waals surface area contributed by atoms with Crippen LogP contribution in [0.15, 0.2) is 18.2 Å². The Kier molecular flexibility index (Phi) is 6.08. The van der Waals surface area contributed by atoms with Gasteiger partial charge in [0.25, 0.3) is 0 Å². The first-order valence-electron chi connectivity index (χ1n) is 7.12. The molecule has 0 radical (unpaired) electrons. The Bertz CT molecular complexity index is 619. The zero-order valence-electron chi connectivity index (χ0n) is 13.6. The maximum atomic E-state index is 12.7. The van der Waals surface area contributed by atoms with E-state index in [-0.39, 0.29) is 6.54 Å². The highest BCUT2D eigenvalue weighted by Gasteiger charge is 2.30. The largest absolute Gasteiger partial charge is 0.444 e. The molecule has 1 aromatic carbocycles. The molecule has 0 fully saturated rings. The lowest BCUT2D eigenvalue weighted by Crippen LogP contribution is -2.32. The highest BCUT2D eigenvalue weighted by molar-refractivity contribution is 5.67. The van der Waals surface area contributed by atoms with E-state index >= 15 is 0 Å². The number of carbonyl (C=O) groups excluding carboxylic acids is 1. The van der Waals surface area contributed by atoms with Gasteiger partial charge in [-0.1, -0.05) is 11.8 Å². The smallest absolute Gasteiger partial charge is 0.416 e. The third-order valence-electron chi connectivity index (χ3n) is 2.56. The van der Waals surface area contributed by atoms with Crippen molar-refractivity contribution in [3.05, 3.63) is 34.9 Å². The minimum atomic E-state index is -4.39. The summed E-state index contributed by atoms with van der Waals surface area (Å²) in [7, 11) is 0.